The van der Waals surface area contributed by atoms with Crippen molar-refractivity contribution in [3.63, 3.8) is 0 Å². The Morgan fingerprint density at radius 1 is 1.12 bits per heavy atom. The van der Waals surface area contributed by atoms with Gasteiger partial charge in [-0.1, -0.05) is 36.9 Å². The zero-order valence-electron chi connectivity index (χ0n) is 14.4. The Morgan fingerprint density at radius 3 is 2.28 bits per heavy atom. The van der Waals surface area contributed by atoms with Crippen molar-refractivity contribution in [2.75, 3.05) is 13.1 Å². The number of amides is 2. The van der Waals surface area contributed by atoms with Gasteiger partial charge in [0.1, 0.15) is 5.57 Å². The van der Waals surface area contributed by atoms with Gasteiger partial charge < -0.3 is 0 Å². The second-order valence-corrected chi connectivity index (χ2v) is 6.29. The van der Waals surface area contributed by atoms with E-state index < -0.39 is 0 Å². The van der Waals surface area contributed by atoms with Crippen molar-refractivity contribution in [2.45, 2.75) is 20.3 Å². The molecule has 2 aliphatic rings. The van der Waals surface area contributed by atoms with E-state index in [0.717, 1.165) is 23.1 Å². The Bertz CT molecular complexity index is 823. The summed E-state index contributed by atoms with van der Waals surface area (Å²) in [7, 11) is 0. The third-order valence-corrected chi connectivity index (χ3v) is 5.02. The van der Waals surface area contributed by atoms with E-state index in [0.29, 0.717) is 18.7 Å². The third-order valence-electron chi connectivity index (χ3n) is 4.58. The Kier molecular flexibility index (Phi) is 4.68. The van der Waals surface area contributed by atoms with Crippen LogP contribution in [0.5, 0.6) is 0 Å². The van der Waals surface area contributed by atoms with E-state index >= 15 is 0 Å². The van der Waals surface area contributed by atoms with Gasteiger partial charge in [0.25, 0.3) is 11.8 Å². The molecule has 5 heteroatoms. The highest BCUT2D eigenvalue weighted by molar-refractivity contribution is 7.80. The van der Waals surface area contributed by atoms with E-state index in [2.05, 4.69) is 6.58 Å². The van der Waals surface area contributed by atoms with Gasteiger partial charge in [0.15, 0.2) is 5.11 Å². The first kappa shape index (κ1) is 17.3. The van der Waals surface area contributed by atoms with E-state index in [1.807, 2.05) is 44.2 Å². The van der Waals surface area contributed by atoms with Crippen LogP contribution in [0.15, 0.2) is 54.1 Å². The van der Waals surface area contributed by atoms with Crippen LogP contribution in [0, 0.1) is 0 Å². The molecule has 0 atom stereocenters. The number of hydrogen-bond acceptors (Lipinski definition) is 3. The average Bonchev–Trinajstić information content (AvgIpc) is 2.62. The van der Waals surface area contributed by atoms with Crippen LogP contribution >= 0.6 is 12.2 Å². The highest BCUT2D eigenvalue weighted by atomic mass is 32.1. The summed E-state index contributed by atoms with van der Waals surface area (Å²) in [5, 5.41) is 0.279. The molecule has 0 saturated carbocycles. The zero-order valence-corrected chi connectivity index (χ0v) is 15.2. The van der Waals surface area contributed by atoms with Gasteiger partial charge in [0.2, 0.25) is 0 Å². The molecular weight excluding hydrogens is 332 g/mol. The van der Waals surface area contributed by atoms with Crippen LogP contribution in [-0.4, -0.2) is 39.8 Å². The van der Waals surface area contributed by atoms with Crippen molar-refractivity contribution in [2.24, 2.45) is 0 Å². The highest BCUT2D eigenvalue weighted by Gasteiger charge is 2.40. The molecule has 1 aliphatic heterocycles. The van der Waals surface area contributed by atoms with Crippen LogP contribution in [0.25, 0.3) is 5.57 Å². The number of rotatable bonds is 3. The molecule has 25 heavy (non-hydrogen) atoms. The molecule has 1 aromatic rings. The predicted octanol–water partition coefficient (Wildman–Crippen LogP) is 3.10. The van der Waals surface area contributed by atoms with Gasteiger partial charge in [-0.3, -0.25) is 19.4 Å². The quantitative estimate of drug-likeness (QED) is 0.477. The maximum Gasteiger partial charge on any atom is 0.266 e. The lowest BCUT2D eigenvalue weighted by Gasteiger charge is -2.36. The average molecular weight is 352 g/mol. The zero-order chi connectivity index (χ0) is 18.1. The largest absolute Gasteiger partial charge is 0.285 e. The minimum Gasteiger partial charge on any atom is -0.285 e. The molecule has 3 rings (SSSR count). The van der Waals surface area contributed by atoms with Crippen LogP contribution in [-0.2, 0) is 16.0 Å². The highest BCUT2D eigenvalue weighted by Crippen LogP contribution is 2.34. The van der Waals surface area contributed by atoms with Crippen molar-refractivity contribution in [3.05, 3.63) is 65.3 Å². The molecule has 1 aliphatic carbocycles. The lowest BCUT2D eigenvalue weighted by molar-refractivity contribution is -0.133. The number of fused-ring (bicyclic) bond motifs is 1. The summed E-state index contributed by atoms with van der Waals surface area (Å²) in [5.74, 6) is -0.651. The fourth-order valence-electron chi connectivity index (χ4n) is 3.28. The number of thiocarbonyl (C=S) groups is 1. The molecule has 128 valence electrons. The van der Waals surface area contributed by atoms with Crippen molar-refractivity contribution in [3.8, 4) is 0 Å². The van der Waals surface area contributed by atoms with E-state index in [1.165, 1.54) is 9.80 Å². The molecule has 0 aromatic heterocycles. The van der Waals surface area contributed by atoms with Crippen LogP contribution in [0.2, 0.25) is 0 Å². The summed E-state index contributed by atoms with van der Waals surface area (Å²) in [5.41, 5.74) is 3.84. The van der Waals surface area contributed by atoms with Gasteiger partial charge >= 0.3 is 0 Å². The molecule has 1 heterocycles. The molecule has 1 fully saturated rings. The Labute approximate surface area is 153 Å². The van der Waals surface area contributed by atoms with E-state index in [4.69, 9.17) is 12.2 Å². The lowest BCUT2D eigenvalue weighted by atomic mass is 9.84. The number of carbonyl (C=O) groups is 2. The fourth-order valence-corrected chi connectivity index (χ4v) is 3.70. The molecular formula is C20H20N2O2S. The molecule has 0 bridgehead atoms. The first-order chi connectivity index (χ1) is 12.0. The maximum absolute atomic E-state index is 13.0. The normalized spacial score (nSPS) is 17.7. The smallest absolute Gasteiger partial charge is 0.266 e. The Hall–Kier alpha value is -2.53. The first-order valence-electron chi connectivity index (χ1n) is 8.36. The second kappa shape index (κ2) is 6.76. The molecule has 4 nitrogen and oxygen atoms in total. The number of benzene rings is 1. The van der Waals surface area contributed by atoms with E-state index in [9.17, 15) is 9.59 Å². The molecule has 1 saturated heterocycles. The number of allylic oxidation sites excluding steroid dienone is 4. The molecule has 0 radical (unpaired) electrons. The molecule has 0 spiro atoms. The number of carbonyl (C=O) groups excluding carboxylic acids is 2. The topological polar surface area (TPSA) is 40.6 Å². The summed E-state index contributed by atoms with van der Waals surface area (Å²) < 4.78 is 0. The van der Waals surface area contributed by atoms with E-state index in [-0.39, 0.29) is 22.5 Å². The molecule has 1 aromatic carbocycles. The summed E-state index contributed by atoms with van der Waals surface area (Å²) in [6.07, 6.45) is 4.41. The van der Waals surface area contributed by atoms with Crippen molar-refractivity contribution in [1.82, 2.24) is 9.80 Å². The molecule has 0 N–H and O–H groups in total. The van der Waals surface area contributed by atoms with Gasteiger partial charge in [-0.15, -0.1) is 0 Å². The summed E-state index contributed by atoms with van der Waals surface area (Å²) in [4.78, 5) is 29.0. The van der Waals surface area contributed by atoms with Crippen molar-refractivity contribution < 1.29 is 9.59 Å². The predicted molar refractivity (Wildman–Crippen MR) is 103 cm³/mol. The van der Waals surface area contributed by atoms with Crippen LogP contribution in [0.3, 0.4) is 0 Å². The minimum atomic E-state index is -0.325. The van der Waals surface area contributed by atoms with Crippen LogP contribution in [0.1, 0.15) is 25.0 Å². The second-order valence-electron chi connectivity index (χ2n) is 5.93. The summed E-state index contributed by atoms with van der Waals surface area (Å²) in [6, 6.07) is 7.85. The van der Waals surface area contributed by atoms with Crippen molar-refractivity contribution >= 4 is 34.7 Å². The van der Waals surface area contributed by atoms with Gasteiger partial charge in [-0.05, 0) is 55.3 Å². The Balaban J connectivity index is 2.28. The SMILES string of the molecule is C=CC1=CC(=C2C(=O)N(CC)C(=S)N(CC)C2=O)c2ccccc2C1. The minimum absolute atomic E-state index is 0.184. The number of hydrogen-bond donors (Lipinski definition) is 0. The fraction of sp³-hybridized carbons (Fsp3) is 0.250. The van der Waals surface area contributed by atoms with Crippen LogP contribution < -0.4 is 0 Å². The maximum atomic E-state index is 13.0. The Morgan fingerprint density at radius 2 is 1.72 bits per heavy atom. The first-order valence-corrected chi connectivity index (χ1v) is 8.77. The van der Waals surface area contributed by atoms with Crippen molar-refractivity contribution in [1.29, 1.82) is 0 Å². The monoisotopic (exact) mass is 352 g/mol. The van der Waals surface area contributed by atoms with E-state index in [1.54, 1.807) is 6.08 Å². The van der Waals surface area contributed by atoms with Gasteiger partial charge in [-0.2, -0.15) is 0 Å². The third kappa shape index (κ3) is 2.74. The summed E-state index contributed by atoms with van der Waals surface area (Å²) >= 11 is 5.34. The van der Waals surface area contributed by atoms with Crippen LogP contribution in [0.4, 0.5) is 0 Å². The number of nitrogens with zero attached hydrogens (tertiary/aromatic N) is 2. The molecule has 2 amide bonds. The van der Waals surface area contributed by atoms with Gasteiger partial charge in [0, 0.05) is 18.7 Å². The van der Waals surface area contributed by atoms with Gasteiger partial charge in [0.05, 0.1) is 0 Å². The summed E-state index contributed by atoms with van der Waals surface area (Å²) in [6.45, 7) is 8.42. The molecule has 0 unspecified atom stereocenters. The lowest BCUT2D eigenvalue weighted by Crippen LogP contribution is -2.56. The standard InChI is InChI=1S/C20H20N2O2S/c1-4-13-11-14-9-7-8-10-15(14)16(12-13)17-18(23)21(5-2)20(25)22(6-3)19(17)24/h4,7-10,12H,1,5-6,11H2,2-3H3. The van der Waals surface area contributed by atoms with Gasteiger partial charge in [-0.25, -0.2) is 0 Å². The number of likely N-dealkylation sites (N-methyl/N-ethyl adjacent to an activating group) is 2.